The first kappa shape index (κ1) is 9.04. The standard InChI is InChI=1S/C11H19NO/c1-8-6-12(7-8)10(13)9-4-11(2,3)5-9/h8-9H,4-7H2,1-3H3. The third-order valence-corrected chi connectivity index (χ3v) is 3.32. The van der Waals surface area contributed by atoms with Crippen LogP contribution in [0.2, 0.25) is 0 Å². The molecule has 0 aromatic rings. The number of carbonyl (C=O) groups is 1. The van der Waals surface area contributed by atoms with E-state index >= 15 is 0 Å². The SMILES string of the molecule is CC1CN(C(=O)C2CC(C)(C)C2)C1. The van der Waals surface area contributed by atoms with Crippen molar-refractivity contribution >= 4 is 5.91 Å². The zero-order chi connectivity index (χ0) is 9.64. The smallest absolute Gasteiger partial charge is 0.225 e. The van der Waals surface area contributed by atoms with Gasteiger partial charge in [0.1, 0.15) is 0 Å². The molecule has 0 aromatic carbocycles. The van der Waals surface area contributed by atoms with E-state index in [0.29, 0.717) is 17.2 Å². The highest BCUT2D eigenvalue weighted by Crippen LogP contribution is 2.45. The lowest BCUT2D eigenvalue weighted by Gasteiger charge is -2.47. The van der Waals surface area contributed by atoms with Gasteiger partial charge in [-0.25, -0.2) is 0 Å². The Hall–Kier alpha value is -0.530. The molecule has 1 saturated heterocycles. The van der Waals surface area contributed by atoms with Crippen molar-refractivity contribution in [3.05, 3.63) is 0 Å². The van der Waals surface area contributed by atoms with Gasteiger partial charge in [-0.1, -0.05) is 20.8 Å². The van der Waals surface area contributed by atoms with Crippen LogP contribution in [0.3, 0.4) is 0 Å². The fourth-order valence-corrected chi connectivity index (χ4v) is 2.59. The lowest BCUT2D eigenvalue weighted by Crippen LogP contribution is -2.54. The van der Waals surface area contributed by atoms with Crippen LogP contribution in [0.15, 0.2) is 0 Å². The monoisotopic (exact) mass is 181 g/mol. The van der Waals surface area contributed by atoms with E-state index in [1.54, 1.807) is 0 Å². The van der Waals surface area contributed by atoms with Gasteiger partial charge >= 0.3 is 0 Å². The van der Waals surface area contributed by atoms with Crippen molar-refractivity contribution in [3.63, 3.8) is 0 Å². The minimum Gasteiger partial charge on any atom is -0.342 e. The van der Waals surface area contributed by atoms with Crippen molar-refractivity contribution in [2.24, 2.45) is 17.3 Å². The number of likely N-dealkylation sites (tertiary alicyclic amines) is 1. The van der Waals surface area contributed by atoms with Crippen LogP contribution in [-0.4, -0.2) is 23.9 Å². The summed E-state index contributed by atoms with van der Waals surface area (Å²) in [5.41, 5.74) is 0.427. The van der Waals surface area contributed by atoms with Crippen LogP contribution in [0.1, 0.15) is 33.6 Å². The Morgan fingerprint density at radius 3 is 2.23 bits per heavy atom. The maximum Gasteiger partial charge on any atom is 0.225 e. The first-order valence-corrected chi connectivity index (χ1v) is 5.27. The van der Waals surface area contributed by atoms with E-state index in [9.17, 15) is 4.79 Å². The number of rotatable bonds is 1. The molecular formula is C11H19NO. The summed E-state index contributed by atoms with van der Waals surface area (Å²) in [6.07, 6.45) is 2.19. The molecule has 0 bridgehead atoms. The van der Waals surface area contributed by atoms with Gasteiger partial charge in [0.05, 0.1) is 0 Å². The minimum absolute atomic E-state index is 0.350. The Balaban J connectivity index is 1.80. The Morgan fingerprint density at radius 2 is 1.85 bits per heavy atom. The Kier molecular flexibility index (Phi) is 1.90. The van der Waals surface area contributed by atoms with Crippen LogP contribution < -0.4 is 0 Å². The summed E-state index contributed by atoms with van der Waals surface area (Å²) in [6.45, 7) is 8.69. The molecular weight excluding hydrogens is 162 g/mol. The van der Waals surface area contributed by atoms with Crippen molar-refractivity contribution in [2.75, 3.05) is 13.1 Å². The van der Waals surface area contributed by atoms with Gasteiger partial charge in [0.25, 0.3) is 0 Å². The number of hydrogen-bond donors (Lipinski definition) is 0. The molecule has 0 aromatic heterocycles. The molecule has 0 atom stereocenters. The number of carbonyl (C=O) groups excluding carboxylic acids is 1. The van der Waals surface area contributed by atoms with Gasteiger partial charge in [-0.15, -0.1) is 0 Å². The molecule has 13 heavy (non-hydrogen) atoms. The van der Waals surface area contributed by atoms with Crippen LogP contribution >= 0.6 is 0 Å². The van der Waals surface area contributed by atoms with Crippen molar-refractivity contribution in [1.82, 2.24) is 4.90 Å². The molecule has 1 aliphatic carbocycles. The molecule has 0 unspecified atom stereocenters. The van der Waals surface area contributed by atoms with Gasteiger partial charge in [-0.2, -0.15) is 0 Å². The van der Waals surface area contributed by atoms with E-state index in [4.69, 9.17) is 0 Å². The zero-order valence-electron chi connectivity index (χ0n) is 8.84. The fourth-order valence-electron chi connectivity index (χ4n) is 2.59. The summed E-state index contributed by atoms with van der Waals surface area (Å²) >= 11 is 0. The molecule has 2 rings (SSSR count). The fraction of sp³-hybridized carbons (Fsp3) is 0.909. The Morgan fingerprint density at radius 1 is 1.31 bits per heavy atom. The van der Waals surface area contributed by atoms with Gasteiger partial charge in [0.2, 0.25) is 5.91 Å². The van der Waals surface area contributed by atoms with Gasteiger partial charge in [-0.3, -0.25) is 4.79 Å². The maximum absolute atomic E-state index is 11.8. The van der Waals surface area contributed by atoms with E-state index in [1.165, 1.54) is 0 Å². The quantitative estimate of drug-likeness (QED) is 0.605. The molecule has 2 heteroatoms. The topological polar surface area (TPSA) is 20.3 Å². The van der Waals surface area contributed by atoms with Gasteiger partial charge in [-0.05, 0) is 24.2 Å². The predicted octanol–water partition coefficient (Wildman–Crippen LogP) is 1.90. The minimum atomic E-state index is 0.350. The molecule has 2 aliphatic rings. The van der Waals surface area contributed by atoms with Crippen molar-refractivity contribution in [2.45, 2.75) is 33.6 Å². The third-order valence-electron chi connectivity index (χ3n) is 3.32. The molecule has 74 valence electrons. The van der Waals surface area contributed by atoms with Crippen molar-refractivity contribution in [1.29, 1.82) is 0 Å². The summed E-state index contributed by atoms with van der Waals surface area (Å²) in [5, 5.41) is 0. The second-order valence-corrected chi connectivity index (χ2v) is 5.62. The zero-order valence-corrected chi connectivity index (χ0v) is 8.84. The number of hydrogen-bond acceptors (Lipinski definition) is 1. The first-order chi connectivity index (χ1) is 5.98. The molecule has 1 saturated carbocycles. The Labute approximate surface area is 80.3 Å². The number of nitrogens with zero attached hydrogens (tertiary/aromatic N) is 1. The molecule has 0 radical (unpaired) electrons. The maximum atomic E-state index is 11.8. The van der Waals surface area contributed by atoms with Crippen LogP contribution in [0, 0.1) is 17.3 Å². The molecule has 1 aliphatic heterocycles. The summed E-state index contributed by atoms with van der Waals surface area (Å²) in [7, 11) is 0. The lowest BCUT2D eigenvalue weighted by atomic mass is 9.64. The van der Waals surface area contributed by atoms with Gasteiger partial charge < -0.3 is 4.90 Å². The number of amides is 1. The molecule has 2 fully saturated rings. The van der Waals surface area contributed by atoms with Crippen LogP contribution in [0.4, 0.5) is 0 Å². The average Bonchev–Trinajstić information content (AvgIpc) is 1.92. The summed E-state index contributed by atoms with van der Waals surface area (Å²) in [6, 6.07) is 0. The van der Waals surface area contributed by atoms with Crippen LogP contribution in [-0.2, 0) is 4.79 Å². The first-order valence-electron chi connectivity index (χ1n) is 5.27. The summed E-state index contributed by atoms with van der Waals surface area (Å²) in [5.74, 6) is 1.50. The van der Waals surface area contributed by atoms with Gasteiger partial charge in [0, 0.05) is 19.0 Å². The van der Waals surface area contributed by atoms with Crippen LogP contribution in [0.5, 0.6) is 0 Å². The normalized spacial score (nSPS) is 28.1. The van der Waals surface area contributed by atoms with Gasteiger partial charge in [0.15, 0.2) is 0 Å². The van der Waals surface area contributed by atoms with Crippen molar-refractivity contribution < 1.29 is 4.79 Å². The highest BCUT2D eigenvalue weighted by Gasteiger charge is 2.43. The molecule has 0 N–H and O–H groups in total. The van der Waals surface area contributed by atoms with E-state index in [-0.39, 0.29) is 0 Å². The van der Waals surface area contributed by atoms with E-state index in [1.807, 2.05) is 4.90 Å². The lowest BCUT2D eigenvalue weighted by molar-refractivity contribution is -0.148. The average molecular weight is 181 g/mol. The molecule has 1 heterocycles. The highest BCUT2D eigenvalue weighted by atomic mass is 16.2. The molecule has 0 spiro atoms. The van der Waals surface area contributed by atoms with E-state index < -0.39 is 0 Å². The largest absolute Gasteiger partial charge is 0.342 e. The van der Waals surface area contributed by atoms with E-state index in [0.717, 1.165) is 31.8 Å². The highest BCUT2D eigenvalue weighted by molar-refractivity contribution is 5.80. The predicted molar refractivity (Wildman–Crippen MR) is 52.2 cm³/mol. The molecule has 1 amide bonds. The summed E-state index contributed by atoms with van der Waals surface area (Å²) in [4.78, 5) is 13.8. The Bertz CT molecular complexity index is 220. The molecule has 2 nitrogen and oxygen atoms in total. The third kappa shape index (κ3) is 1.59. The second-order valence-electron chi connectivity index (χ2n) is 5.62. The van der Waals surface area contributed by atoms with Crippen LogP contribution in [0.25, 0.3) is 0 Å². The van der Waals surface area contributed by atoms with Crippen molar-refractivity contribution in [3.8, 4) is 0 Å². The summed E-state index contributed by atoms with van der Waals surface area (Å²) < 4.78 is 0. The second kappa shape index (κ2) is 2.73. The van der Waals surface area contributed by atoms with E-state index in [2.05, 4.69) is 20.8 Å².